The van der Waals surface area contributed by atoms with E-state index in [1.54, 1.807) is 32.4 Å². The molecular weight excluding hydrogens is 308 g/mol. The van der Waals surface area contributed by atoms with Gasteiger partial charge in [0.15, 0.2) is 0 Å². The molecule has 3 nitrogen and oxygen atoms in total. The van der Waals surface area contributed by atoms with E-state index in [0.29, 0.717) is 11.5 Å². The minimum atomic E-state index is -0.711. The second-order valence-corrected chi connectivity index (χ2v) is 5.02. The highest BCUT2D eigenvalue weighted by molar-refractivity contribution is 9.10. The normalized spacial score (nSPS) is 12.0. The minimum absolute atomic E-state index is 0.658. The van der Waals surface area contributed by atoms with Gasteiger partial charge in [-0.3, -0.25) is 0 Å². The van der Waals surface area contributed by atoms with E-state index in [9.17, 15) is 5.11 Å². The van der Waals surface area contributed by atoms with Crippen LogP contribution in [-0.4, -0.2) is 19.3 Å². The van der Waals surface area contributed by atoms with Gasteiger partial charge in [0.25, 0.3) is 0 Å². The first kappa shape index (κ1) is 13.9. The van der Waals surface area contributed by atoms with Crippen molar-refractivity contribution in [2.45, 2.75) is 6.10 Å². The van der Waals surface area contributed by atoms with Gasteiger partial charge in [-0.05, 0) is 35.4 Å². The van der Waals surface area contributed by atoms with E-state index in [1.165, 1.54) is 0 Å². The van der Waals surface area contributed by atoms with Crippen molar-refractivity contribution < 1.29 is 14.6 Å². The number of hydrogen-bond donors (Lipinski definition) is 1. The zero-order chi connectivity index (χ0) is 13.8. The monoisotopic (exact) mass is 322 g/mol. The van der Waals surface area contributed by atoms with Crippen molar-refractivity contribution >= 4 is 15.9 Å². The van der Waals surface area contributed by atoms with Gasteiger partial charge in [-0.25, -0.2) is 0 Å². The highest BCUT2D eigenvalue weighted by Crippen LogP contribution is 2.30. The molecule has 4 heteroatoms. The molecule has 0 fully saturated rings. The topological polar surface area (TPSA) is 38.7 Å². The molecule has 1 atom stereocenters. The van der Waals surface area contributed by atoms with Gasteiger partial charge >= 0.3 is 0 Å². The number of aliphatic hydroxyl groups excluding tert-OH is 1. The lowest BCUT2D eigenvalue weighted by Crippen LogP contribution is -2.01. The number of ether oxygens (including phenoxy) is 2. The van der Waals surface area contributed by atoms with Crippen LogP contribution in [0.5, 0.6) is 11.5 Å². The molecule has 0 amide bonds. The van der Waals surface area contributed by atoms with Crippen molar-refractivity contribution in [3.63, 3.8) is 0 Å². The summed E-state index contributed by atoms with van der Waals surface area (Å²) >= 11 is 3.37. The third-order valence-corrected chi connectivity index (χ3v) is 3.40. The number of halogens is 1. The van der Waals surface area contributed by atoms with Crippen LogP contribution < -0.4 is 9.47 Å². The summed E-state index contributed by atoms with van der Waals surface area (Å²) < 4.78 is 11.4. The Labute approximate surface area is 120 Å². The van der Waals surface area contributed by atoms with Gasteiger partial charge in [0, 0.05) is 10.5 Å². The van der Waals surface area contributed by atoms with Crippen LogP contribution in [0.3, 0.4) is 0 Å². The Hall–Kier alpha value is -1.52. The van der Waals surface area contributed by atoms with Crippen LogP contribution >= 0.6 is 15.9 Å². The Morgan fingerprint density at radius 2 is 1.42 bits per heavy atom. The van der Waals surface area contributed by atoms with Crippen molar-refractivity contribution in [3.8, 4) is 11.5 Å². The highest BCUT2D eigenvalue weighted by atomic mass is 79.9. The molecule has 2 aromatic rings. The van der Waals surface area contributed by atoms with Crippen molar-refractivity contribution in [1.82, 2.24) is 0 Å². The average Bonchev–Trinajstić information content (AvgIpc) is 2.46. The molecule has 0 bridgehead atoms. The summed E-state index contributed by atoms with van der Waals surface area (Å²) in [5.74, 6) is 1.32. The second-order valence-electron chi connectivity index (χ2n) is 4.10. The summed E-state index contributed by atoms with van der Waals surface area (Å²) in [6.07, 6.45) is -0.711. The zero-order valence-corrected chi connectivity index (χ0v) is 12.3. The molecule has 0 aliphatic carbocycles. The first-order valence-electron chi connectivity index (χ1n) is 5.80. The Morgan fingerprint density at radius 3 is 1.89 bits per heavy atom. The first-order chi connectivity index (χ1) is 9.13. The molecule has 1 unspecified atom stereocenters. The minimum Gasteiger partial charge on any atom is -0.497 e. The standard InChI is InChI=1S/C15H15BrO3/c1-18-13-7-11(8-14(9-13)19-2)15(17)10-3-5-12(16)6-4-10/h3-9,15,17H,1-2H3. The SMILES string of the molecule is COc1cc(OC)cc(C(O)c2ccc(Br)cc2)c1. The van der Waals surface area contributed by atoms with E-state index in [-0.39, 0.29) is 0 Å². The van der Waals surface area contributed by atoms with Gasteiger partial charge in [-0.1, -0.05) is 28.1 Å². The molecule has 19 heavy (non-hydrogen) atoms. The van der Waals surface area contributed by atoms with Crippen LogP contribution in [0, 0.1) is 0 Å². The number of benzene rings is 2. The van der Waals surface area contributed by atoms with Crippen LogP contribution in [0.4, 0.5) is 0 Å². The predicted octanol–water partition coefficient (Wildman–Crippen LogP) is 3.55. The fourth-order valence-corrected chi connectivity index (χ4v) is 2.09. The van der Waals surface area contributed by atoms with E-state index in [0.717, 1.165) is 15.6 Å². The summed E-state index contributed by atoms with van der Waals surface area (Å²) in [7, 11) is 3.18. The number of rotatable bonds is 4. The zero-order valence-electron chi connectivity index (χ0n) is 10.8. The van der Waals surface area contributed by atoms with Crippen LogP contribution in [0.2, 0.25) is 0 Å². The van der Waals surface area contributed by atoms with Crippen LogP contribution in [0.1, 0.15) is 17.2 Å². The molecule has 0 saturated heterocycles. The summed E-state index contributed by atoms with van der Waals surface area (Å²) in [5, 5.41) is 10.4. The molecule has 0 radical (unpaired) electrons. The summed E-state index contributed by atoms with van der Waals surface area (Å²) in [6.45, 7) is 0. The number of hydrogen-bond acceptors (Lipinski definition) is 3. The fraction of sp³-hybridized carbons (Fsp3) is 0.200. The number of aliphatic hydroxyl groups is 1. The predicted molar refractivity (Wildman–Crippen MR) is 77.7 cm³/mol. The maximum absolute atomic E-state index is 10.4. The molecule has 0 aliphatic rings. The van der Waals surface area contributed by atoms with Crippen molar-refractivity contribution in [2.75, 3.05) is 14.2 Å². The highest BCUT2D eigenvalue weighted by Gasteiger charge is 2.13. The Kier molecular flexibility index (Phi) is 4.45. The quantitative estimate of drug-likeness (QED) is 0.935. The Balaban J connectivity index is 2.37. The summed E-state index contributed by atoms with van der Waals surface area (Å²) in [6, 6.07) is 12.9. The lowest BCUT2D eigenvalue weighted by Gasteiger charge is -2.14. The molecule has 0 spiro atoms. The lowest BCUT2D eigenvalue weighted by molar-refractivity contribution is 0.219. The van der Waals surface area contributed by atoms with E-state index in [2.05, 4.69) is 15.9 Å². The smallest absolute Gasteiger partial charge is 0.122 e. The van der Waals surface area contributed by atoms with Gasteiger partial charge in [0.2, 0.25) is 0 Å². The Morgan fingerprint density at radius 1 is 0.895 bits per heavy atom. The fourth-order valence-electron chi connectivity index (χ4n) is 1.82. The van der Waals surface area contributed by atoms with E-state index < -0.39 is 6.10 Å². The summed E-state index contributed by atoms with van der Waals surface area (Å²) in [5.41, 5.74) is 1.55. The molecule has 2 rings (SSSR count). The van der Waals surface area contributed by atoms with Gasteiger partial charge < -0.3 is 14.6 Å². The molecule has 2 aromatic carbocycles. The van der Waals surface area contributed by atoms with Crippen molar-refractivity contribution in [1.29, 1.82) is 0 Å². The average molecular weight is 323 g/mol. The third-order valence-electron chi connectivity index (χ3n) is 2.88. The molecule has 1 N–H and O–H groups in total. The molecule has 100 valence electrons. The molecular formula is C15H15BrO3. The van der Waals surface area contributed by atoms with Gasteiger partial charge in [-0.2, -0.15) is 0 Å². The van der Waals surface area contributed by atoms with Gasteiger partial charge in [0.05, 0.1) is 14.2 Å². The van der Waals surface area contributed by atoms with Gasteiger partial charge in [0.1, 0.15) is 17.6 Å². The first-order valence-corrected chi connectivity index (χ1v) is 6.60. The van der Waals surface area contributed by atoms with Crippen molar-refractivity contribution in [2.24, 2.45) is 0 Å². The summed E-state index contributed by atoms with van der Waals surface area (Å²) in [4.78, 5) is 0. The van der Waals surface area contributed by atoms with Crippen molar-refractivity contribution in [3.05, 3.63) is 58.1 Å². The van der Waals surface area contributed by atoms with Gasteiger partial charge in [-0.15, -0.1) is 0 Å². The molecule has 0 aliphatic heterocycles. The second kappa shape index (κ2) is 6.08. The Bertz CT molecular complexity index is 530. The molecule has 0 aromatic heterocycles. The molecule has 0 heterocycles. The maximum atomic E-state index is 10.4. The number of methoxy groups -OCH3 is 2. The lowest BCUT2D eigenvalue weighted by atomic mass is 10.0. The van der Waals surface area contributed by atoms with Crippen LogP contribution in [0.15, 0.2) is 46.9 Å². The van der Waals surface area contributed by atoms with Crippen LogP contribution in [0.25, 0.3) is 0 Å². The van der Waals surface area contributed by atoms with E-state index in [1.807, 2.05) is 24.3 Å². The van der Waals surface area contributed by atoms with Crippen LogP contribution in [-0.2, 0) is 0 Å². The molecule has 0 saturated carbocycles. The largest absolute Gasteiger partial charge is 0.497 e. The van der Waals surface area contributed by atoms with E-state index >= 15 is 0 Å². The third kappa shape index (κ3) is 3.28. The van der Waals surface area contributed by atoms with E-state index in [4.69, 9.17) is 9.47 Å². The maximum Gasteiger partial charge on any atom is 0.122 e.